The smallest absolute Gasteiger partial charge is 0.337 e. The monoisotopic (exact) mass is 314 g/mol. The third-order valence-electron chi connectivity index (χ3n) is 3.57. The van der Waals surface area contributed by atoms with Crippen molar-refractivity contribution in [1.29, 1.82) is 0 Å². The SMILES string of the molecule is COC(=O)c1ccc2c(c1)C(c1ccccc1Cl)=CC(C)O2. The van der Waals surface area contributed by atoms with Crippen molar-refractivity contribution in [2.24, 2.45) is 0 Å². The zero-order valence-corrected chi connectivity index (χ0v) is 13.1. The summed E-state index contributed by atoms with van der Waals surface area (Å²) in [5, 5.41) is 0.664. The number of halogens is 1. The topological polar surface area (TPSA) is 35.5 Å². The van der Waals surface area contributed by atoms with Crippen LogP contribution in [0.5, 0.6) is 5.75 Å². The number of carbonyl (C=O) groups is 1. The summed E-state index contributed by atoms with van der Waals surface area (Å²) in [6.45, 7) is 1.97. The second-order valence-corrected chi connectivity index (χ2v) is 5.49. The van der Waals surface area contributed by atoms with Crippen molar-refractivity contribution in [1.82, 2.24) is 0 Å². The van der Waals surface area contributed by atoms with E-state index in [-0.39, 0.29) is 12.1 Å². The Morgan fingerprint density at radius 1 is 1.18 bits per heavy atom. The minimum atomic E-state index is -0.375. The number of carbonyl (C=O) groups excluding carboxylic acids is 1. The molecular formula is C18H15ClO3. The summed E-state index contributed by atoms with van der Waals surface area (Å²) in [4.78, 5) is 11.8. The van der Waals surface area contributed by atoms with Crippen LogP contribution >= 0.6 is 11.6 Å². The Hall–Kier alpha value is -2.26. The van der Waals surface area contributed by atoms with E-state index in [1.165, 1.54) is 7.11 Å². The van der Waals surface area contributed by atoms with Gasteiger partial charge in [-0.25, -0.2) is 4.79 Å². The standard InChI is InChI=1S/C18H15ClO3/c1-11-9-14(13-5-3-4-6-16(13)19)15-10-12(18(20)21-2)7-8-17(15)22-11/h3-11H,1-2H3. The third kappa shape index (κ3) is 2.60. The van der Waals surface area contributed by atoms with Gasteiger partial charge in [-0.15, -0.1) is 0 Å². The molecule has 0 aliphatic carbocycles. The number of ether oxygens (including phenoxy) is 2. The summed E-state index contributed by atoms with van der Waals surface area (Å²) < 4.78 is 10.6. The average molecular weight is 315 g/mol. The molecule has 1 heterocycles. The number of hydrogen-bond donors (Lipinski definition) is 0. The summed E-state index contributed by atoms with van der Waals surface area (Å²) in [7, 11) is 1.37. The maximum atomic E-state index is 11.8. The molecule has 0 aromatic heterocycles. The van der Waals surface area contributed by atoms with E-state index in [0.29, 0.717) is 10.6 Å². The molecule has 0 spiro atoms. The lowest BCUT2D eigenvalue weighted by atomic mass is 9.92. The first-order valence-corrected chi connectivity index (χ1v) is 7.34. The fraction of sp³-hybridized carbons (Fsp3) is 0.167. The highest BCUT2D eigenvalue weighted by Crippen LogP contribution is 2.39. The Balaban J connectivity index is 2.16. The van der Waals surface area contributed by atoms with E-state index in [4.69, 9.17) is 21.1 Å². The highest BCUT2D eigenvalue weighted by Gasteiger charge is 2.22. The van der Waals surface area contributed by atoms with Crippen LogP contribution in [-0.2, 0) is 4.74 Å². The molecule has 0 N–H and O–H groups in total. The summed E-state index contributed by atoms with van der Waals surface area (Å²) in [5.74, 6) is 0.359. The molecule has 4 heteroatoms. The quantitative estimate of drug-likeness (QED) is 0.774. The number of fused-ring (bicyclic) bond motifs is 1. The highest BCUT2D eigenvalue weighted by molar-refractivity contribution is 6.32. The number of methoxy groups -OCH3 is 1. The highest BCUT2D eigenvalue weighted by atomic mass is 35.5. The van der Waals surface area contributed by atoms with Crippen LogP contribution in [0.15, 0.2) is 48.5 Å². The fourth-order valence-corrected chi connectivity index (χ4v) is 2.80. The fourth-order valence-electron chi connectivity index (χ4n) is 2.56. The average Bonchev–Trinajstić information content (AvgIpc) is 2.53. The van der Waals surface area contributed by atoms with Crippen molar-refractivity contribution in [2.45, 2.75) is 13.0 Å². The van der Waals surface area contributed by atoms with Crippen LogP contribution in [0.2, 0.25) is 5.02 Å². The number of benzene rings is 2. The van der Waals surface area contributed by atoms with Gasteiger partial charge in [0, 0.05) is 16.1 Å². The molecule has 3 nitrogen and oxygen atoms in total. The Bertz CT molecular complexity index is 765. The molecule has 1 unspecified atom stereocenters. The molecule has 0 bridgehead atoms. The summed E-state index contributed by atoms with van der Waals surface area (Å²) in [6, 6.07) is 12.9. The molecule has 1 aliphatic rings. The molecule has 1 aliphatic heterocycles. The Morgan fingerprint density at radius 2 is 1.95 bits per heavy atom. The van der Waals surface area contributed by atoms with Crippen LogP contribution in [0.1, 0.15) is 28.4 Å². The van der Waals surface area contributed by atoms with Crippen LogP contribution in [0.3, 0.4) is 0 Å². The summed E-state index contributed by atoms with van der Waals surface area (Å²) in [6.07, 6.45) is 1.94. The van der Waals surface area contributed by atoms with E-state index in [0.717, 1.165) is 22.4 Å². The predicted octanol–water partition coefficient (Wildman–Crippen LogP) is 4.34. The van der Waals surface area contributed by atoms with Gasteiger partial charge in [0.25, 0.3) is 0 Å². The molecule has 3 rings (SSSR count). The normalized spacial score (nSPS) is 16.3. The molecule has 22 heavy (non-hydrogen) atoms. The van der Waals surface area contributed by atoms with Crippen molar-refractivity contribution >= 4 is 23.1 Å². The van der Waals surface area contributed by atoms with E-state index in [9.17, 15) is 4.79 Å². The minimum Gasteiger partial charge on any atom is -0.486 e. The maximum absolute atomic E-state index is 11.8. The van der Waals surface area contributed by atoms with E-state index in [2.05, 4.69) is 0 Å². The lowest BCUT2D eigenvalue weighted by Crippen LogP contribution is -2.16. The van der Waals surface area contributed by atoms with Gasteiger partial charge in [-0.05, 0) is 42.8 Å². The van der Waals surface area contributed by atoms with E-state index in [1.807, 2.05) is 37.3 Å². The molecule has 0 saturated carbocycles. The largest absolute Gasteiger partial charge is 0.486 e. The number of esters is 1. The first-order chi connectivity index (χ1) is 10.6. The van der Waals surface area contributed by atoms with Crippen LogP contribution < -0.4 is 4.74 Å². The number of hydrogen-bond acceptors (Lipinski definition) is 3. The predicted molar refractivity (Wildman–Crippen MR) is 86.4 cm³/mol. The zero-order chi connectivity index (χ0) is 15.7. The number of rotatable bonds is 2. The Labute approximate surface area is 134 Å². The second kappa shape index (κ2) is 5.85. The first kappa shape index (κ1) is 14.7. The molecule has 0 saturated heterocycles. The van der Waals surface area contributed by atoms with Gasteiger partial charge < -0.3 is 9.47 Å². The molecule has 112 valence electrons. The molecular weight excluding hydrogens is 300 g/mol. The van der Waals surface area contributed by atoms with Gasteiger partial charge in [0.15, 0.2) is 0 Å². The third-order valence-corrected chi connectivity index (χ3v) is 3.90. The molecule has 0 radical (unpaired) electrons. The van der Waals surface area contributed by atoms with Crippen molar-refractivity contribution in [3.63, 3.8) is 0 Å². The van der Waals surface area contributed by atoms with Gasteiger partial charge in [0.2, 0.25) is 0 Å². The second-order valence-electron chi connectivity index (χ2n) is 5.09. The van der Waals surface area contributed by atoms with Gasteiger partial charge in [0.05, 0.1) is 12.7 Å². The first-order valence-electron chi connectivity index (χ1n) is 6.96. The van der Waals surface area contributed by atoms with Gasteiger partial charge in [0.1, 0.15) is 11.9 Å². The Morgan fingerprint density at radius 3 is 2.68 bits per heavy atom. The molecule has 0 fully saturated rings. The zero-order valence-electron chi connectivity index (χ0n) is 12.3. The minimum absolute atomic E-state index is 0.0669. The Kier molecular flexibility index (Phi) is 3.90. The lowest BCUT2D eigenvalue weighted by Gasteiger charge is -2.24. The molecule has 0 amide bonds. The van der Waals surface area contributed by atoms with Gasteiger partial charge in [-0.3, -0.25) is 0 Å². The van der Waals surface area contributed by atoms with Crippen LogP contribution in [0.25, 0.3) is 5.57 Å². The summed E-state index contributed by atoms with van der Waals surface area (Å²) >= 11 is 6.33. The summed E-state index contributed by atoms with van der Waals surface area (Å²) in [5.41, 5.74) is 3.21. The van der Waals surface area contributed by atoms with Crippen molar-refractivity contribution in [2.75, 3.05) is 7.11 Å². The van der Waals surface area contributed by atoms with Crippen molar-refractivity contribution in [3.8, 4) is 5.75 Å². The van der Waals surface area contributed by atoms with Gasteiger partial charge in [-0.1, -0.05) is 29.8 Å². The van der Waals surface area contributed by atoms with E-state index >= 15 is 0 Å². The van der Waals surface area contributed by atoms with Crippen molar-refractivity contribution in [3.05, 3.63) is 70.3 Å². The van der Waals surface area contributed by atoms with Crippen molar-refractivity contribution < 1.29 is 14.3 Å². The molecule has 2 aromatic rings. The van der Waals surface area contributed by atoms with Gasteiger partial charge in [-0.2, -0.15) is 0 Å². The molecule has 1 atom stereocenters. The van der Waals surface area contributed by atoms with E-state index in [1.54, 1.807) is 18.2 Å². The lowest BCUT2D eigenvalue weighted by molar-refractivity contribution is 0.0600. The van der Waals surface area contributed by atoms with Gasteiger partial charge >= 0.3 is 5.97 Å². The molecule has 2 aromatic carbocycles. The van der Waals surface area contributed by atoms with E-state index < -0.39 is 0 Å². The van der Waals surface area contributed by atoms with Crippen LogP contribution in [0, 0.1) is 0 Å². The van der Waals surface area contributed by atoms with Crippen LogP contribution in [-0.4, -0.2) is 19.2 Å². The maximum Gasteiger partial charge on any atom is 0.337 e. The van der Waals surface area contributed by atoms with Crippen LogP contribution in [0.4, 0.5) is 0 Å².